The number of hydrogen-bond donors (Lipinski definition) is 4. The van der Waals surface area contributed by atoms with Gasteiger partial charge in [0.2, 0.25) is 0 Å². The van der Waals surface area contributed by atoms with Crippen LogP contribution in [-0.2, 0) is 14.3 Å². The Hall–Kier alpha value is -0.0800. The van der Waals surface area contributed by atoms with E-state index in [-0.39, 0.29) is 36.3 Å². The molecule has 0 saturated heterocycles. The molecule has 0 spiro atoms. The van der Waals surface area contributed by atoms with Gasteiger partial charge in [-0.1, -0.05) is 0 Å². The largest absolute Gasteiger partial charge is 0.366 e. The highest BCUT2D eigenvalue weighted by Gasteiger charge is 2.15. The second kappa shape index (κ2) is 8.12. The van der Waals surface area contributed by atoms with Gasteiger partial charge in [0, 0.05) is 11.5 Å². The Morgan fingerprint density at radius 1 is 1.00 bits per heavy atom. The van der Waals surface area contributed by atoms with Crippen LogP contribution in [0, 0.1) is 0 Å². The fourth-order valence-electron chi connectivity index (χ4n) is 0.670. The fourth-order valence-corrected chi connectivity index (χ4v) is 1.08. The summed E-state index contributed by atoms with van der Waals surface area (Å²) in [4.78, 5) is 22.3. The Balaban J connectivity index is 3.70. The van der Waals surface area contributed by atoms with Crippen molar-refractivity contribution in [3.63, 3.8) is 0 Å². The Morgan fingerprint density at radius 2 is 1.33 bits per heavy atom. The average Bonchev–Trinajstić information content (AvgIpc) is 2.26. The van der Waals surface area contributed by atoms with Crippen molar-refractivity contribution in [2.24, 2.45) is 11.5 Å². The number of carbonyl (C=O) groups is 2. The molecule has 0 aromatic heterocycles. The summed E-state index contributed by atoms with van der Waals surface area (Å²) in [7, 11) is 0. The van der Waals surface area contributed by atoms with Crippen molar-refractivity contribution in [1.29, 1.82) is 0 Å². The third kappa shape index (κ3) is 6.16. The van der Waals surface area contributed by atoms with Gasteiger partial charge in [0.05, 0.1) is 12.1 Å². The fraction of sp³-hybridized carbons (Fsp3) is 0.750. The van der Waals surface area contributed by atoms with Crippen LogP contribution in [0.2, 0.25) is 0 Å². The first-order chi connectivity index (χ1) is 7.02. The van der Waals surface area contributed by atoms with Crippen LogP contribution in [0.15, 0.2) is 0 Å². The van der Waals surface area contributed by atoms with Crippen LogP contribution < -0.4 is 11.5 Å². The van der Waals surface area contributed by atoms with Crippen molar-refractivity contribution in [1.82, 2.24) is 0 Å². The van der Waals surface area contributed by atoms with Gasteiger partial charge in [-0.3, -0.25) is 9.59 Å². The molecule has 0 amide bonds. The van der Waals surface area contributed by atoms with Crippen LogP contribution in [0.3, 0.4) is 0 Å². The molecule has 0 aromatic carbocycles. The van der Waals surface area contributed by atoms with Gasteiger partial charge in [-0.25, -0.2) is 0 Å². The van der Waals surface area contributed by atoms with E-state index in [0.717, 1.165) is 0 Å². The molecule has 15 heavy (non-hydrogen) atoms. The minimum absolute atomic E-state index is 0.188. The van der Waals surface area contributed by atoms with Crippen molar-refractivity contribution in [3.05, 3.63) is 0 Å². The third-order valence-electron chi connectivity index (χ3n) is 1.71. The maximum atomic E-state index is 11.1. The number of rotatable bonds is 8. The molecule has 2 unspecified atom stereocenters. The van der Waals surface area contributed by atoms with E-state index in [1.165, 1.54) is 0 Å². The molecule has 0 saturated carbocycles. The molecule has 5 nitrogen and oxygen atoms in total. The lowest BCUT2D eigenvalue weighted by Crippen LogP contribution is -2.38. The van der Waals surface area contributed by atoms with Crippen LogP contribution >= 0.6 is 25.3 Å². The summed E-state index contributed by atoms with van der Waals surface area (Å²) in [6.45, 7) is -0.375. The molecule has 7 heteroatoms. The van der Waals surface area contributed by atoms with Gasteiger partial charge in [-0.2, -0.15) is 25.3 Å². The number of ketones is 2. The van der Waals surface area contributed by atoms with E-state index in [0.29, 0.717) is 0 Å². The van der Waals surface area contributed by atoms with Gasteiger partial charge in [-0.15, -0.1) is 0 Å². The van der Waals surface area contributed by atoms with Gasteiger partial charge in [-0.05, 0) is 0 Å². The maximum absolute atomic E-state index is 11.1. The third-order valence-corrected chi connectivity index (χ3v) is 2.50. The van der Waals surface area contributed by atoms with Gasteiger partial charge in [0.15, 0.2) is 11.6 Å². The zero-order valence-corrected chi connectivity index (χ0v) is 10.0. The minimum Gasteiger partial charge on any atom is -0.366 e. The molecule has 88 valence electrons. The number of thiol groups is 2. The Labute approximate surface area is 99.7 Å². The summed E-state index contributed by atoms with van der Waals surface area (Å²) in [6.07, 6.45) is 0. The van der Waals surface area contributed by atoms with Crippen LogP contribution in [0.1, 0.15) is 0 Å². The molecule has 0 aliphatic heterocycles. The Kier molecular flexibility index (Phi) is 8.07. The van der Waals surface area contributed by atoms with E-state index in [2.05, 4.69) is 25.3 Å². The molecular weight excluding hydrogens is 236 g/mol. The average molecular weight is 252 g/mol. The number of nitrogens with two attached hydrogens (primary N) is 2. The molecule has 0 radical (unpaired) electrons. The molecule has 2 atom stereocenters. The predicted molar refractivity (Wildman–Crippen MR) is 64.5 cm³/mol. The molecule has 0 heterocycles. The molecule has 0 bridgehead atoms. The molecule has 0 fully saturated rings. The zero-order valence-electron chi connectivity index (χ0n) is 8.26. The van der Waals surface area contributed by atoms with E-state index < -0.39 is 12.1 Å². The van der Waals surface area contributed by atoms with Crippen LogP contribution in [0.5, 0.6) is 0 Å². The van der Waals surface area contributed by atoms with Crippen molar-refractivity contribution < 1.29 is 14.3 Å². The van der Waals surface area contributed by atoms with Crippen LogP contribution in [0.4, 0.5) is 0 Å². The monoisotopic (exact) mass is 252 g/mol. The Bertz CT molecular complexity index is 204. The van der Waals surface area contributed by atoms with E-state index in [9.17, 15) is 9.59 Å². The van der Waals surface area contributed by atoms with E-state index >= 15 is 0 Å². The lowest BCUT2D eigenvalue weighted by molar-refractivity contribution is -0.129. The van der Waals surface area contributed by atoms with Crippen molar-refractivity contribution >= 4 is 36.8 Å². The summed E-state index contributed by atoms with van der Waals surface area (Å²) in [5.41, 5.74) is 10.8. The van der Waals surface area contributed by atoms with E-state index in [4.69, 9.17) is 16.2 Å². The topological polar surface area (TPSA) is 95.4 Å². The smallest absolute Gasteiger partial charge is 0.175 e. The predicted octanol–water partition coefficient (Wildman–Crippen LogP) is -1.34. The maximum Gasteiger partial charge on any atom is 0.175 e. The Morgan fingerprint density at radius 3 is 1.60 bits per heavy atom. The van der Waals surface area contributed by atoms with Crippen LogP contribution in [0.25, 0.3) is 0 Å². The second-order valence-electron chi connectivity index (χ2n) is 3.00. The highest BCUT2D eigenvalue weighted by molar-refractivity contribution is 7.80. The first-order valence-electron chi connectivity index (χ1n) is 4.39. The van der Waals surface area contributed by atoms with Gasteiger partial charge in [0.1, 0.15) is 13.2 Å². The first-order valence-corrected chi connectivity index (χ1v) is 5.65. The standard InChI is InChI=1S/C8H16N2O3S2/c9-5(3-14)7(11)1-13-2-8(12)6(10)4-15/h5-6,14-15H,1-4,9-10H2. The van der Waals surface area contributed by atoms with Gasteiger partial charge in [0.25, 0.3) is 0 Å². The molecular formula is C8H16N2O3S2. The van der Waals surface area contributed by atoms with Crippen molar-refractivity contribution in [3.8, 4) is 0 Å². The number of hydrogen-bond acceptors (Lipinski definition) is 7. The molecule has 0 rings (SSSR count). The number of ether oxygens (including phenoxy) is 1. The summed E-state index contributed by atoms with van der Waals surface area (Å²) in [5.74, 6) is -0.0482. The van der Waals surface area contributed by atoms with Crippen molar-refractivity contribution in [2.75, 3.05) is 24.7 Å². The lowest BCUT2D eigenvalue weighted by atomic mass is 10.2. The van der Waals surface area contributed by atoms with Crippen molar-refractivity contribution in [2.45, 2.75) is 12.1 Å². The molecule has 0 aliphatic carbocycles. The van der Waals surface area contributed by atoms with E-state index in [1.807, 2.05) is 0 Å². The highest BCUT2D eigenvalue weighted by atomic mass is 32.1. The molecule has 0 aliphatic rings. The summed E-state index contributed by atoms with van der Waals surface area (Å²) in [6, 6.07) is -1.30. The van der Waals surface area contributed by atoms with Gasteiger partial charge >= 0.3 is 0 Å². The van der Waals surface area contributed by atoms with Crippen LogP contribution in [-0.4, -0.2) is 48.4 Å². The summed E-state index contributed by atoms with van der Waals surface area (Å²) >= 11 is 7.73. The lowest BCUT2D eigenvalue weighted by Gasteiger charge is -2.09. The quantitative estimate of drug-likeness (QED) is 0.401. The first kappa shape index (κ1) is 14.9. The van der Waals surface area contributed by atoms with Gasteiger partial charge < -0.3 is 16.2 Å². The number of carbonyl (C=O) groups excluding carboxylic acids is 2. The normalized spacial score (nSPS) is 14.7. The van der Waals surface area contributed by atoms with E-state index in [1.54, 1.807) is 0 Å². The SMILES string of the molecule is NC(CS)C(=O)COCC(=O)C(N)CS. The summed E-state index contributed by atoms with van der Waals surface area (Å²) in [5, 5.41) is 0. The number of Topliss-reactive ketones (excluding diaryl/α,β-unsaturated/α-hetero) is 2. The highest BCUT2D eigenvalue weighted by Crippen LogP contribution is 1.91. The minimum atomic E-state index is -0.651. The zero-order chi connectivity index (χ0) is 11.8. The molecule has 0 aromatic rings. The summed E-state index contributed by atoms with van der Waals surface area (Å²) < 4.78 is 4.88. The molecule has 4 N–H and O–H groups in total. The second-order valence-corrected chi connectivity index (χ2v) is 3.73.